The van der Waals surface area contributed by atoms with Crippen LogP contribution in [0, 0.1) is 11.8 Å². The second-order valence-corrected chi connectivity index (χ2v) is 4.98. The van der Waals surface area contributed by atoms with Crippen molar-refractivity contribution in [1.29, 1.82) is 0 Å². The molecule has 0 saturated heterocycles. The molecule has 0 amide bonds. The van der Waals surface area contributed by atoms with Gasteiger partial charge in [0, 0.05) is 18.9 Å². The highest BCUT2D eigenvalue weighted by Gasteiger charge is 2.41. The summed E-state index contributed by atoms with van der Waals surface area (Å²) >= 11 is 0. The molecular formula is C12H18N2O. The Hall–Kier alpha value is -0.830. The van der Waals surface area contributed by atoms with Gasteiger partial charge in [-0.3, -0.25) is 0 Å². The van der Waals surface area contributed by atoms with Crippen molar-refractivity contribution >= 4 is 0 Å². The van der Waals surface area contributed by atoms with Crippen molar-refractivity contribution in [2.24, 2.45) is 17.6 Å². The van der Waals surface area contributed by atoms with E-state index in [1.807, 2.05) is 6.20 Å². The molecule has 1 aromatic heterocycles. The van der Waals surface area contributed by atoms with Crippen molar-refractivity contribution in [3.8, 4) is 0 Å². The number of rotatable bonds is 3. The fraction of sp³-hybridized carbons (Fsp3) is 0.750. The third-order valence-electron chi connectivity index (χ3n) is 4.03. The molecule has 2 fully saturated rings. The van der Waals surface area contributed by atoms with Gasteiger partial charge in [0.1, 0.15) is 5.76 Å². The van der Waals surface area contributed by atoms with E-state index in [2.05, 4.69) is 4.98 Å². The fourth-order valence-electron chi connectivity index (χ4n) is 3.33. The van der Waals surface area contributed by atoms with Crippen molar-refractivity contribution in [2.75, 3.05) is 6.54 Å². The van der Waals surface area contributed by atoms with Crippen LogP contribution in [0.4, 0.5) is 0 Å². The van der Waals surface area contributed by atoms with Crippen molar-refractivity contribution in [1.82, 2.24) is 4.98 Å². The molecule has 2 aliphatic carbocycles. The number of nitrogens with two attached hydrogens (primary N) is 1. The highest BCUT2D eigenvalue weighted by Crippen LogP contribution is 2.52. The lowest BCUT2D eigenvalue weighted by atomic mass is 9.87. The van der Waals surface area contributed by atoms with Gasteiger partial charge in [0.05, 0.1) is 6.20 Å². The molecule has 0 aromatic carbocycles. The van der Waals surface area contributed by atoms with Gasteiger partial charge in [-0.2, -0.15) is 0 Å². The first-order valence-electron chi connectivity index (χ1n) is 6.01. The van der Waals surface area contributed by atoms with Crippen LogP contribution in [0.3, 0.4) is 0 Å². The van der Waals surface area contributed by atoms with E-state index in [9.17, 15) is 0 Å². The van der Waals surface area contributed by atoms with Crippen molar-refractivity contribution in [2.45, 2.75) is 38.0 Å². The summed E-state index contributed by atoms with van der Waals surface area (Å²) in [5.74, 6) is 4.42. The summed E-state index contributed by atoms with van der Waals surface area (Å²) in [5.41, 5.74) is 5.48. The van der Waals surface area contributed by atoms with Crippen molar-refractivity contribution in [3.63, 3.8) is 0 Å². The minimum absolute atomic E-state index is 0.622. The molecule has 2 bridgehead atoms. The van der Waals surface area contributed by atoms with Crippen LogP contribution in [0.15, 0.2) is 10.6 Å². The smallest absolute Gasteiger partial charge is 0.195 e. The molecule has 0 radical (unpaired) electrons. The van der Waals surface area contributed by atoms with E-state index in [1.165, 1.54) is 25.7 Å². The Kier molecular flexibility index (Phi) is 2.28. The number of nitrogens with zero attached hydrogens (tertiary/aromatic N) is 1. The molecule has 2 saturated carbocycles. The van der Waals surface area contributed by atoms with Gasteiger partial charge in [0.25, 0.3) is 0 Å². The second kappa shape index (κ2) is 3.63. The van der Waals surface area contributed by atoms with Gasteiger partial charge in [-0.05, 0) is 31.1 Å². The Morgan fingerprint density at radius 1 is 1.40 bits per heavy atom. The van der Waals surface area contributed by atoms with Crippen LogP contribution in [0.1, 0.15) is 43.3 Å². The third-order valence-corrected chi connectivity index (χ3v) is 4.03. The molecule has 1 heterocycles. The summed E-state index contributed by atoms with van der Waals surface area (Å²) in [6.45, 7) is 0.622. The topological polar surface area (TPSA) is 52.0 Å². The zero-order valence-corrected chi connectivity index (χ0v) is 8.98. The van der Waals surface area contributed by atoms with Gasteiger partial charge in [-0.25, -0.2) is 4.98 Å². The summed E-state index contributed by atoms with van der Waals surface area (Å²) in [6.07, 6.45) is 8.25. The fourth-order valence-corrected chi connectivity index (χ4v) is 3.33. The van der Waals surface area contributed by atoms with Crippen LogP contribution >= 0.6 is 0 Å². The predicted molar refractivity (Wildman–Crippen MR) is 57.5 cm³/mol. The molecule has 0 aliphatic heterocycles. The van der Waals surface area contributed by atoms with Gasteiger partial charge in [0.15, 0.2) is 5.89 Å². The quantitative estimate of drug-likeness (QED) is 0.823. The molecule has 82 valence electrons. The van der Waals surface area contributed by atoms with Crippen LogP contribution in [-0.4, -0.2) is 11.5 Å². The summed E-state index contributed by atoms with van der Waals surface area (Å²) in [7, 11) is 0. The Morgan fingerprint density at radius 2 is 2.33 bits per heavy atom. The first-order chi connectivity index (χ1) is 7.36. The summed E-state index contributed by atoms with van der Waals surface area (Å²) in [5, 5.41) is 0. The maximum absolute atomic E-state index is 5.77. The molecule has 3 nitrogen and oxygen atoms in total. The van der Waals surface area contributed by atoms with Gasteiger partial charge in [0.2, 0.25) is 0 Å². The third kappa shape index (κ3) is 1.59. The summed E-state index contributed by atoms with van der Waals surface area (Å²) in [4.78, 5) is 4.29. The average molecular weight is 206 g/mol. The summed E-state index contributed by atoms with van der Waals surface area (Å²) < 4.78 is 5.77. The standard InChI is InChI=1S/C12H18N2O/c13-4-3-12-14-7-11(15-12)10-6-8-1-2-9(10)5-8/h7-10H,1-6,13H2. The molecule has 15 heavy (non-hydrogen) atoms. The average Bonchev–Trinajstić information content (AvgIpc) is 2.91. The predicted octanol–water partition coefficient (Wildman–Crippen LogP) is 2.08. The molecule has 0 spiro atoms. The van der Waals surface area contributed by atoms with E-state index in [4.69, 9.17) is 10.2 Å². The van der Waals surface area contributed by atoms with Crippen LogP contribution in [0.5, 0.6) is 0 Å². The highest BCUT2D eigenvalue weighted by molar-refractivity contribution is 5.10. The van der Waals surface area contributed by atoms with E-state index in [-0.39, 0.29) is 0 Å². The summed E-state index contributed by atoms with van der Waals surface area (Å²) in [6, 6.07) is 0. The lowest BCUT2D eigenvalue weighted by Gasteiger charge is -2.18. The molecule has 3 rings (SSSR count). The van der Waals surface area contributed by atoms with E-state index in [0.717, 1.165) is 29.9 Å². The van der Waals surface area contributed by atoms with Crippen LogP contribution < -0.4 is 5.73 Å². The lowest BCUT2D eigenvalue weighted by molar-refractivity contribution is 0.344. The zero-order chi connectivity index (χ0) is 10.3. The molecule has 1 aromatic rings. The van der Waals surface area contributed by atoms with E-state index >= 15 is 0 Å². The number of fused-ring (bicyclic) bond motifs is 2. The highest BCUT2D eigenvalue weighted by atomic mass is 16.4. The number of oxazole rings is 1. The van der Waals surface area contributed by atoms with E-state index in [1.54, 1.807) is 0 Å². The first-order valence-corrected chi connectivity index (χ1v) is 6.01. The SMILES string of the molecule is NCCc1ncc(C2CC3CCC2C3)o1. The molecule has 2 aliphatic rings. The van der Waals surface area contributed by atoms with E-state index < -0.39 is 0 Å². The maximum atomic E-state index is 5.77. The Labute approximate surface area is 90.1 Å². The molecule has 2 N–H and O–H groups in total. The van der Waals surface area contributed by atoms with Crippen molar-refractivity contribution < 1.29 is 4.42 Å². The minimum atomic E-state index is 0.622. The number of hydrogen-bond acceptors (Lipinski definition) is 3. The lowest BCUT2D eigenvalue weighted by Crippen LogP contribution is -2.07. The molecular weight excluding hydrogens is 188 g/mol. The van der Waals surface area contributed by atoms with Crippen molar-refractivity contribution in [3.05, 3.63) is 17.8 Å². The molecule has 3 heteroatoms. The largest absolute Gasteiger partial charge is 0.445 e. The van der Waals surface area contributed by atoms with Crippen LogP contribution in [0.2, 0.25) is 0 Å². The van der Waals surface area contributed by atoms with Gasteiger partial charge >= 0.3 is 0 Å². The Morgan fingerprint density at radius 3 is 3.00 bits per heavy atom. The van der Waals surface area contributed by atoms with Crippen LogP contribution in [0.25, 0.3) is 0 Å². The monoisotopic (exact) mass is 206 g/mol. The maximum Gasteiger partial charge on any atom is 0.195 e. The van der Waals surface area contributed by atoms with E-state index in [0.29, 0.717) is 12.5 Å². The van der Waals surface area contributed by atoms with Gasteiger partial charge in [-0.1, -0.05) is 6.42 Å². The molecule has 3 unspecified atom stereocenters. The first kappa shape index (κ1) is 9.40. The minimum Gasteiger partial charge on any atom is -0.445 e. The van der Waals surface area contributed by atoms with Crippen LogP contribution in [-0.2, 0) is 6.42 Å². The number of aromatic nitrogens is 1. The Balaban J connectivity index is 1.75. The molecule has 3 atom stereocenters. The Bertz CT molecular complexity index is 347. The normalized spacial score (nSPS) is 33.8. The van der Waals surface area contributed by atoms with Gasteiger partial charge in [-0.15, -0.1) is 0 Å². The second-order valence-electron chi connectivity index (χ2n) is 4.98. The van der Waals surface area contributed by atoms with Gasteiger partial charge < -0.3 is 10.2 Å². The zero-order valence-electron chi connectivity index (χ0n) is 8.98. The number of hydrogen-bond donors (Lipinski definition) is 1.